The molecule has 0 atom stereocenters. The molecule has 0 saturated carbocycles. The second-order valence-electron chi connectivity index (χ2n) is 3.94. The molecule has 2 nitrogen and oxygen atoms in total. The Kier molecular flexibility index (Phi) is 6.03. The van der Waals surface area contributed by atoms with Crippen molar-refractivity contribution in [3.8, 4) is 0 Å². The molecule has 0 amide bonds. The fourth-order valence-electron chi connectivity index (χ4n) is 1.02. The lowest BCUT2D eigenvalue weighted by atomic mass is 9.99. The van der Waals surface area contributed by atoms with Crippen molar-refractivity contribution in [2.24, 2.45) is 17.7 Å². The maximum absolute atomic E-state index is 5.28. The first-order valence-corrected chi connectivity index (χ1v) is 4.70. The van der Waals surface area contributed by atoms with Gasteiger partial charge < -0.3 is 0 Å². The van der Waals surface area contributed by atoms with E-state index >= 15 is 0 Å². The summed E-state index contributed by atoms with van der Waals surface area (Å²) in [6.45, 7) is 9.66. The third-order valence-corrected chi connectivity index (χ3v) is 1.90. The summed E-state index contributed by atoms with van der Waals surface area (Å²) in [4.78, 5) is 0. The van der Waals surface area contributed by atoms with Crippen molar-refractivity contribution in [3.05, 3.63) is 11.6 Å². The Balaban J connectivity index is 3.99. The number of allylic oxidation sites excluding steroid dienone is 1. The van der Waals surface area contributed by atoms with Gasteiger partial charge in [-0.25, -0.2) is 0 Å². The lowest BCUT2D eigenvalue weighted by Gasteiger charge is -2.11. The van der Waals surface area contributed by atoms with E-state index in [1.165, 1.54) is 5.57 Å². The Bertz CT molecular complexity index is 137. The number of hydrazine groups is 1. The van der Waals surface area contributed by atoms with Crippen LogP contribution in [0.2, 0.25) is 0 Å². The van der Waals surface area contributed by atoms with E-state index in [-0.39, 0.29) is 0 Å². The van der Waals surface area contributed by atoms with Gasteiger partial charge in [0.15, 0.2) is 0 Å². The van der Waals surface area contributed by atoms with Gasteiger partial charge >= 0.3 is 0 Å². The van der Waals surface area contributed by atoms with E-state index in [1.54, 1.807) is 0 Å². The highest BCUT2D eigenvalue weighted by Crippen LogP contribution is 2.11. The van der Waals surface area contributed by atoms with Crippen LogP contribution in [-0.2, 0) is 0 Å². The van der Waals surface area contributed by atoms with Gasteiger partial charge in [0, 0.05) is 6.54 Å². The van der Waals surface area contributed by atoms with Crippen molar-refractivity contribution in [2.45, 2.75) is 34.1 Å². The van der Waals surface area contributed by atoms with Crippen LogP contribution >= 0.6 is 0 Å². The van der Waals surface area contributed by atoms with Gasteiger partial charge in [0.1, 0.15) is 0 Å². The molecule has 12 heavy (non-hydrogen) atoms. The Morgan fingerprint density at radius 3 is 2.25 bits per heavy atom. The SMILES string of the molecule is CC(C)CC=C(CNN)C(C)C. The molecule has 72 valence electrons. The van der Waals surface area contributed by atoms with Crippen LogP contribution in [0.4, 0.5) is 0 Å². The van der Waals surface area contributed by atoms with Crippen LogP contribution in [0.25, 0.3) is 0 Å². The maximum Gasteiger partial charge on any atom is 0.0310 e. The van der Waals surface area contributed by atoms with Crippen LogP contribution < -0.4 is 11.3 Å². The molecule has 0 aliphatic heterocycles. The molecule has 0 aromatic rings. The molecule has 0 rings (SSSR count). The van der Waals surface area contributed by atoms with Crippen LogP contribution in [0.5, 0.6) is 0 Å². The van der Waals surface area contributed by atoms with Crippen molar-refractivity contribution < 1.29 is 0 Å². The molecular formula is C10H22N2. The van der Waals surface area contributed by atoms with Crippen molar-refractivity contribution in [1.29, 1.82) is 0 Å². The van der Waals surface area contributed by atoms with Crippen LogP contribution in [-0.4, -0.2) is 6.54 Å². The summed E-state index contributed by atoms with van der Waals surface area (Å²) in [6, 6.07) is 0. The highest BCUT2D eigenvalue weighted by molar-refractivity contribution is 5.06. The molecule has 0 bridgehead atoms. The van der Waals surface area contributed by atoms with Crippen molar-refractivity contribution in [1.82, 2.24) is 5.43 Å². The van der Waals surface area contributed by atoms with Gasteiger partial charge in [0.2, 0.25) is 0 Å². The summed E-state index contributed by atoms with van der Waals surface area (Å²) >= 11 is 0. The summed E-state index contributed by atoms with van der Waals surface area (Å²) in [7, 11) is 0. The molecule has 2 heteroatoms. The molecule has 0 saturated heterocycles. The van der Waals surface area contributed by atoms with Gasteiger partial charge in [-0.1, -0.05) is 39.3 Å². The number of hydrogen-bond donors (Lipinski definition) is 2. The zero-order valence-corrected chi connectivity index (χ0v) is 8.72. The van der Waals surface area contributed by atoms with E-state index < -0.39 is 0 Å². The van der Waals surface area contributed by atoms with Gasteiger partial charge in [-0.2, -0.15) is 0 Å². The van der Waals surface area contributed by atoms with Crippen LogP contribution in [0.15, 0.2) is 11.6 Å². The first-order chi connectivity index (χ1) is 5.57. The number of nitrogens with two attached hydrogens (primary N) is 1. The molecule has 0 fully saturated rings. The van der Waals surface area contributed by atoms with E-state index in [1.807, 2.05) is 0 Å². The van der Waals surface area contributed by atoms with Gasteiger partial charge in [-0.05, 0) is 18.3 Å². The van der Waals surface area contributed by atoms with Gasteiger partial charge in [-0.15, -0.1) is 0 Å². The second kappa shape index (κ2) is 6.21. The monoisotopic (exact) mass is 170 g/mol. The maximum atomic E-state index is 5.28. The largest absolute Gasteiger partial charge is 0.271 e. The molecule has 0 aromatic carbocycles. The average Bonchev–Trinajstić information content (AvgIpc) is 1.96. The van der Waals surface area contributed by atoms with Gasteiger partial charge in [0.05, 0.1) is 0 Å². The zero-order valence-electron chi connectivity index (χ0n) is 8.72. The third kappa shape index (κ3) is 5.33. The Morgan fingerprint density at radius 2 is 1.92 bits per heavy atom. The van der Waals surface area contributed by atoms with E-state index in [0.29, 0.717) is 5.92 Å². The quantitative estimate of drug-likeness (QED) is 0.376. The first kappa shape index (κ1) is 11.7. The van der Waals surface area contributed by atoms with Crippen LogP contribution in [0.1, 0.15) is 34.1 Å². The molecule has 0 aromatic heterocycles. The fraction of sp³-hybridized carbons (Fsp3) is 0.800. The minimum absolute atomic E-state index is 0.597. The van der Waals surface area contributed by atoms with E-state index in [4.69, 9.17) is 5.84 Å². The normalized spacial score (nSPS) is 13.1. The van der Waals surface area contributed by atoms with Crippen LogP contribution in [0, 0.1) is 11.8 Å². The molecule has 0 aliphatic carbocycles. The Morgan fingerprint density at radius 1 is 1.33 bits per heavy atom. The lowest BCUT2D eigenvalue weighted by Crippen LogP contribution is -2.26. The second-order valence-corrected chi connectivity index (χ2v) is 3.94. The van der Waals surface area contributed by atoms with Crippen LogP contribution in [0.3, 0.4) is 0 Å². The summed E-state index contributed by atoms with van der Waals surface area (Å²) < 4.78 is 0. The third-order valence-electron chi connectivity index (χ3n) is 1.90. The van der Waals surface area contributed by atoms with Gasteiger partial charge in [-0.3, -0.25) is 11.3 Å². The predicted octanol–water partition coefficient (Wildman–Crippen LogP) is 2.08. The number of rotatable bonds is 5. The summed E-state index contributed by atoms with van der Waals surface area (Å²) in [5, 5.41) is 0. The molecule has 0 spiro atoms. The van der Waals surface area contributed by atoms with E-state index in [2.05, 4.69) is 39.2 Å². The minimum atomic E-state index is 0.597. The van der Waals surface area contributed by atoms with Crippen molar-refractivity contribution in [3.63, 3.8) is 0 Å². The standard InChI is InChI=1S/C10H22N2/c1-8(2)5-6-10(7-12-11)9(3)4/h6,8-9,12H,5,7,11H2,1-4H3. The number of nitrogens with one attached hydrogen (secondary N) is 1. The molecule has 0 radical (unpaired) electrons. The molecule has 3 N–H and O–H groups in total. The smallest absolute Gasteiger partial charge is 0.0310 e. The fourth-order valence-corrected chi connectivity index (χ4v) is 1.02. The van der Waals surface area contributed by atoms with E-state index in [9.17, 15) is 0 Å². The first-order valence-electron chi connectivity index (χ1n) is 4.70. The molecular weight excluding hydrogens is 148 g/mol. The summed E-state index contributed by atoms with van der Waals surface area (Å²) in [5.41, 5.74) is 4.11. The summed E-state index contributed by atoms with van der Waals surface area (Å²) in [5.74, 6) is 6.61. The summed E-state index contributed by atoms with van der Waals surface area (Å²) in [6.07, 6.45) is 3.45. The average molecular weight is 170 g/mol. The van der Waals surface area contributed by atoms with Crippen molar-refractivity contribution >= 4 is 0 Å². The molecule has 0 unspecified atom stereocenters. The Labute approximate surface area is 76.2 Å². The molecule has 0 aliphatic rings. The van der Waals surface area contributed by atoms with E-state index in [0.717, 1.165) is 18.9 Å². The topological polar surface area (TPSA) is 38.0 Å². The Hall–Kier alpha value is -0.340. The molecule has 0 heterocycles. The van der Waals surface area contributed by atoms with Crippen molar-refractivity contribution in [2.75, 3.05) is 6.54 Å². The zero-order chi connectivity index (χ0) is 9.56. The lowest BCUT2D eigenvalue weighted by molar-refractivity contribution is 0.633. The predicted molar refractivity (Wildman–Crippen MR) is 54.6 cm³/mol. The van der Waals surface area contributed by atoms with Gasteiger partial charge in [0.25, 0.3) is 0 Å². The minimum Gasteiger partial charge on any atom is -0.271 e. The number of hydrogen-bond acceptors (Lipinski definition) is 2. The highest BCUT2D eigenvalue weighted by atomic mass is 15.2. The highest BCUT2D eigenvalue weighted by Gasteiger charge is 2.01.